The molecule has 1 aliphatic rings. The number of aromatic nitrogens is 4. The van der Waals surface area contributed by atoms with Crippen LogP contribution in [-0.4, -0.2) is 48.3 Å². The number of imidazole rings is 1. The van der Waals surface area contributed by atoms with E-state index in [-0.39, 0.29) is 17.2 Å². The summed E-state index contributed by atoms with van der Waals surface area (Å²) in [6, 6.07) is 0. The van der Waals surface area contributed by atoms with Crippen molar-refractivity contribution in [3.05, 3.63) is 20.8 Å². The van der Waals surface area contributed by atoms with Crippen molar-refractivity contribution in [1.29, 1.82) is 0 Å². The summed E-state index contributed by atoms with van der Waals surface area (Å²) in [5, 5.41) is 0.561. The molecular weight excluding hydrogens is 318 g/mol. The van der Waals surface area contributed by atoms with Gasteiger partial charge in [-0.15, -0.1) is 0 Å². The second kappa shape index (κ2) is 5.88. The van der Waals surface area contributed by atoms with Crippen molar-refractivity contribution in [2.24, 2.45) is 21.1 Å². The van der Waals surface area contributed by atoms with Gasteiger partial charge in [-0.3, -0.25) is 18.7 Å². The molecule has 0 aromatic carbocycles. The van der Waals surface area contributed by atoms with Crippen LogP contribution in [0.15, 0.2) is 14.7 Å². The smallest absolute Gasteiger partial charge is 0.332 e. The van der Waals surface area contributed by atoms with Gasteiger partial charge in [0, 0.05) is 34.2 Å². The normalized spacial score (nSPS) is 14.8. The summed E-state index contributed by atoms with van der Waals surface area (Å²) in [7, 11) is 4.79. The Morgan fingerprint density at radius 1 is 1.09 bits per heavy atom. The number of fused-ring (bicyclic) bond motifs is 1. The molecule has 2 aromatic rings. The number of nitrogens with zero attached hydrogens (tertiary/aromatic N) is 5. The third-order valence-electron chi connectivity index (χ3n) is 4.21. The third kappa shape index (κ3) is 2.58. The Morgan fingerprint density at radius 3 is 2.39 bits per heavy atom. The van der Waals surface area contributed by atoms with E-state index < -0.39 is 11.2 Å². The molecule has 0 unspecified atom stereocenters. The number of hydrogen-bond donors (Lipinski definition) is 0. The number of aryl methyl sites for hydroxylation is 2. The lowest BCUT2D eigenvalue weighted by molar-refractivity contribution is -0.127. The molecule has 0 saturated carbocycles. The van der Waals surface area contributed by atoms with Crippen molar-refractivity contribution in [1.82, 2.24) is 23.6 Å². The van der Waals surface area contributed by atoms with Crippen molar-refractivity contribution in [3.8, 4) is 0 Å². The molecule has 0 atom stereocenters. The zero-order valence-corrected chi connectivity index (χ0v) is 14.2. The van der Waals surface area contributed by atoms with Gasteiger partial charge in [-0.25, -0.2) is 9.78 Å². The molecule has 1 aliphatic heterocycles. The highest BCUT2D eigenvalue weighted by molar-refractivity contribution is 7.99. The van der Waals surface area contributed by atoms with Crippen LogP contribution in [-0.2, 0) is 25.9 Å². The Balaban J connectivity index is 1.93. The van der Waals surface area contributed by atoms with Gasteiger partial charge >= 0.3 is 5.69 Å². The summed E-state index contributed by atoms with van der Waals surface area (Å²) in [6.07, 6.45) is 2.11. The molecule has 1 fully saturated rings. The lowest BCUT2D eigenvalue weighted by atomic mass is 10.4. The standard InChI is InChI=1S/C14H19N5O3S/c1-16-11-10(12(21)18(3)14(22)17(11)2)15-13(16)23-8-9(20)19-6-4-5-7-19/h4-8H2,1-3H3. The summed E-state index contributed by atoms with van der Waals surface area (Å²) in [5.41, 5.74) is -0.103. The van der Waals surface area contributed by atoms with Crippen LogP contribution in [0.2, 0.25) is 0 Å². The molecule has 124 valence electrons. The minimum absolute atomic E-state index is 0.0846. The summed E-state index contributed by atoms with van der Waals surface area (Å²) in [5.74, 6) is 0.368. The first-order valence-corrected chi connectivity index (χ1v) is 8.43. The monoisotopic (exact) mass is 337 g/mol. The van der Waals surface area contributed by atoms with E-state index in [2.05, 4.69) is 4.98 Å². The van der Waals surface area contributed by atoms with Crippen LogP contribution in [0.1, 0.15) is 12.8 Å². The van der Waals surface area contributed by atoms with Gasteiger partial charge < -0.3 is 9.47 Å². The Kier molecular flexibility index (Phi) is 4.05. The zero-order valence-electron chi connectivity index (χ0n) is 13.4. The molecule has 3 heterocycles. The second-order valence-electron chi connectivity index (χ2n) is 5.71. The van der Waals surface area contributed by atoms with Crippen molar-refractivity contribution in [3.63, 3.8) is 0 Å². The number of thioether (sulfide) groups is 1. The first kappa shape index (κ1) is 15.9. The highest BCUT2D eigenvalue weighted by Crippen LogP contribution is 2.21. The van der Waals surface area contributed by atoms with Crippen LogP contribution in [0.4, 0.5) is 0 Å². The van der Waals surface area contributed by atoms with Crippen molar-refractivity contribution in [2.45, 2.75) is 18.0 Å². The minimum atomic E-state index is -0.420. The van der Waals surface area contributed by atoms with Crippen LogP contribution in [0, 0.1) is 0 Å². The number of likely N-dealkylation sites (tertiary alicyclic amines) is 1. The lowest BCUT2D eigenvalue weighted by Crippen LogP contribution is -2.37. The van der Waals surface area contributed by atoms with Gasteiger partial charge in [-0.05, 0) is 12.8 Å². The Morgan fingerprint density at radius 2 is 1.74 bits per heavy atom. The number of amides is 1. The van der Waals surface area contributed by atoms with Gasteiger partial charge in [0.05, 0.1) is 5.75 Å². The zero-order chi connectivity index (χ0) is 16.7. The predicted molar refractivity (Wildman–Crippen MR) is 87.7 cm³/mol. The van der Waals surface area contributed by atoms with Crippen LogP contribution in [0.25, 0.3) is 11.2 Å². The molecule has 3 rings (SSSR count). The SMILES string of the molecule is Cn1c(=O)c2nc(SCC(=O)N3CCCC3)n(C)c2n(C)c1=O. The molecule has 9 heteroatoms. The quantitative estimate of drug-likeness (QED) is 0.717. The fourth-order valence-electron chi connectivity index (χ4n) is 2.87. The Bertz CT molecular complexity index is 888. The van der Waals surface area contributed by atoms with Gasteiger partial charge in [0.15, 0.2) is 16.3 Å². The number of hydrogen-bond acceptors (Lipinski definition) is 5. The van der Waals surface area contributed by atoms with E-state index >= 15 is 0 Å². The molecule has 2 aromatic heterocycles. The number of rotatable bonds is 3. The molecule has 23 heavy (non-hydrogen) atoms. The molecule has 0 bridgehead atoms. The molecule has 0 spiro atoms. The molecule has 8 nitrogen and oxygen atoms in total. The third-order valence-corrected chi connectivity index (χ3v) is 5.22. The first-order valence-electron chi connectivity index (χ1n) is 7.45. The highest BCUT2D eigenvalue weighted by Gasteiger charge is 2.21. The largest absolute Gasteiger partial charge is 0.342 e. The van der Waals surface area contributed by atoms with E-state index in [9.17, 15) is 14.4 Å². The predicted octanol–water partition coefficient (Wildman–Crippen LogP) is -0.315. The first-order chi connectivity index (χ1) is 10.9. The fourth-order valence-corrected chi connectivity index (χ4v) is 3.74. The van der Waals surface area contributed by atoms with Gasteiger partial charge in [-0.1, -0.05) is 11.8 Å². The van der Waals surface area contributed by atoms with Gasteiger partial charge in [0.2, 0.25) is 5.91 Å². The van der Waals surface area contributed by atoms with E-state index in [0.29, 0.717) is 10.8 Å². The van der Waals surface area contributed by atoms with Crippen molar-refractivity contribution in [2.75, 3.05) is 18.8 Å². The van der Waals surface area contributed by atoms with Crippen LogP contribution >= 0.6 is 11.8 Å². The van der Waals surface area contributed by atoms with Gasteiger partial charge in [0.25, 0.3) is 5.56 Å². The Labute approximate surface area is 136 Å². The summed E-state index contributed by atoms with van der Waals surface area (Å²) >= 11 is 1.29. The van der Waals surface area contributed by atoms with Crippen LogP contribution in [0.3, 0.4) is 0 Å². The highest BCUT2D eigenvalue weighted by atomic mass is 32.2. The second-order valence-corrected chi connectivity index (χ2v) is 6.65. The molecule has 0 N–H and O–H groups in total. The Hall–Kier alpha value is -2.03. The van der Waals surface area contributed by atoms with Crippen molar-refractivity contribution < 1.29 is 4.79 Å². The summed E-state index contributed by atoms with van der Waals surface area (Å²) < 4.78 is 4.13. The topological polar surface area (TPSA) is 82.1 Å². The van der Waals surface area contributed by atoms with Gasteiger partial charge in [-0.2, -0.15) is 0 Å². The molecule has 0 radical (unpaired) electrons. The molecule has 1 saturated heterocycles. The maximum Gasteiger partial charge on any atom is 0.332 e. The molecule has 1 amide bonds. The van der Waals surface area contributed by atoms with Crippen molar-refractivity contribution >= 4 is 28.8 Å². The average Bonchev–Trinajstić information content (AvgIpc) is 3.17. The number of carbonyl (C=O) groups excluding carboxylic acids is 1. The van der Waals surface area contributed by atoms with E-state index in [1.807, 2.05) is 4.90 Å². The molecular formula is C14H19N5O3S. The van der Waals surface area contributed by atoms with E-state index in [4.69, 9.17) is 0 Å². The van der Waals surface area contributed by atoms with Gasteiger partial charge in [0.1, 0.15) is 0 Å². The maximum atomic E-state index is 12.2. The lowest BCUT2D eigenvalue weighted by Gasteiger charge is -2.14. The maximum absolute atomic E-state index is 12.2. The summed E-state index contributed by atoms with van der Waals surface area (Å²) in [4.78, 5) is 42.5. The van der Waals surface area contributed by atoms with Crippen LogP contribution < -0.4 is 11.2 Å². The molecule has 0 aliphatic carbocycles. The minimum Gasteiger partial charge on any atom is -0.342 e. The fraction of sp³-hybridized carbons (Fsp3) is 0.571. The number of carbonyl (C=O) groups is 1. The summed E-state index contributed by atoms with van der Waals surface area (Å²) in [6.45, 7) is 1.63. The van der Waals surface area contributed by atoms with E-state index in [1.165, 1.54) is 23.4 Å². The van der Waals surface area contributed by atoms with E-state index in [0.717, 1.165) is 30.5 Å². The van der Waals surface area contributed by atoms with Crippen LogP contribution in [0.5, 0.6) is 0 Å². The van der Waals surface area contributed by atoms with E-state index in [1.54, 1.807) is 18.7 Å². The average molecular weight is 337 g/mol.